The van der Waals surface area contributed by atoms with Crippen LogP contribution in [-0.4, -0.2) is 67.5 Å². The predicted molar refractivity (Wildman–Crippen MR) is 146 cm³/mol. The largest absolute Gasteiger partial charge is 0.494 e. The summed E-state index contributed by atoms with van der Waals surface area (Å²) < 4.78 is 5.07. The van der Waals surface area contributed by atoms with Crippen molar-refractivity contribution in [1.29, 1.82) is 0 Å². The Bertz CT molecular complexity index is 1370. The highest BCUT2D eigenvalue weighted by Gasteiger charge is 2.19. The molecule has 1 aromatic heterocycles. The fourth-order valence-corrected chi connectivity index (χ4v) is 4.16. The Morgan fingerprint density at radius 2 is 1.75 bits per heavy atom. The second-order valence-electron chi connectivity index (χ2n) is 8.66. The van der Waals surface area contributed by atoms with Crippen molar-refractivity contribution >= 4 is 45.5 Å². The molecule has 0 aliphatic carbocycles. The highest BCUT2D eigenvalue weighted by atomic mass is 35.5. The number of nitrogens with zero attached hydrogens (tertiary/aromatic N) is 3. The number of hydrogen-bond donors (Lipinski definition) is 2. The van der Waals surface area contributed by atoms with E-state index in [9.17, 15) is 9.90 Å². The number of benzene rings is 3. The van der Waals surface area contributed by atoms with Crippen LogP contribution in [0.5, 0.6) is 5.88 Å². The first-order valence-electron chi connectivity index (χ1n) is 11.6. The van der Waals surface area contributed by atoms with Gasteiger partial charge in [0.25, 0.3) is 5.91 Å². The molecule has 8 heteroatoms. The number of H-pyrrole nitrogens is 1. The number of methoxy groups -OCH3 is 1. The molecule has 0 bridgehead atoms. The SMILES string of the molecule is COCC(=O)N(CCN(C)C)c1ccc(N=C(c2ccccc2)c2c(O)[nH]c3cc(Cl)ccc23)cc1. The molecule has 1 amide bonds. The molecule has 1 heterocycles. The van der Waals surface area contributed by atoms with Crippen LogP contribution in [0.1, 0.15) is 11.1 Å². The van der Waals surface area contributed by atoms with Crippen LogP contribution in [0.15, 0.2) is 77.8 Å². The number of amides is 1. The van der Waals surface area contributed by atoms with Gasteiger partial charge < -0.3 is 24.6 Å². The van der Waals surface area contributed by atoms with Gasteiger partial charge in [-0.1, -0.05) is 48.0 Å². The number of aliphatic imine (C=N–C) groups is 1. The van der Waals surface area contributed by atoms with Gasteiger partial charge in [-0.05, 0) is 50.5 Å². The lowest BCUT2D eigenvalue weighted by atomic mass is 10.0. The van der Waals surface area contributed by atoms with Crippen LogP contribution in [-0.2, 0) is 9.53 Å². The van der Waals surface area contributed by atoms with E-state index in [1.807, 2.05) is 79.7 Å². The van der Waals surface area contributed by atoms with Gasteiger partial charge in [0.15, 0.2) is 5.88 Å². The van der Waals surface area contributed by atoms with E-state index in [0.29, 0.717) is 28.5 Å². The van der Waals surface area contributed by atoms with Gasteiger partial charge in [-0.3, -0.25) is 4.79 Å². The molecule has 4 rings (SSSR count). The van der Waals surface area contributed by atoms with Crippen LogP contribution in [0.3, 0.4) is 0 Å². The molecule has 0 saturated heterocycles. The summed E-state index contributed by atoms with van der Waals surface area (Å²) in [5.41, 5.74) is 4.25. The second kappa shape index (κ2) is 11.4. The normalized spacial score (nSPS) is 11.9. The molecule has 186 valence electrons. The summed E-state index contributed by atoms with van der Waals surface area (Å²) in [7, 11) is 5.45. The predicted octanol–water partition coefficient (Wildman–Crippen LogP) is 5.24. The molecule has 7 nitrogen and oxygen atoms in total. The third-order valence-corrected chi connectivity index (χ3v) is 6.00. The van der Waals surface area contributed by atoms with Crippen molar-refractivity contribution in [2.24, 2.45) is 4.99 Å². The summed E-state index contributed by atoms with van der Waals surface area (Å²) in [4.78, 5) is 24.3. The smallest absolute Gasteiger partial charge is 0.252 e. The first kappa shape index (κ1) is 25.4. The standard InChI is InChI=1S/C28H29ClN4O3/c1-32(2)15-16-33(25(34)18-36-3)22-12-10-21(11-13-22)30-27(19-7-5-4-6-8-19)26-23-14-9-20(29)17-24(23)31-28(26)35/h4-14,17,31,35H,15-16,18H2,1-3H3. The van der Waals surface area contributed by atoms with Gasteiger partial charge in [0.1, 0.15) is 6.61 Å². The highest BCUT2D eigenvalue weighted by Crippen LogP contribution is 2.33. The van der Waals surface area contributed by atoms with Crippen LogP contribution in [0.25, 0.3) is 10.9 Å². The number of hydrogen-bond acceptors (Lipinski definition) is 5. The molecule has 0 atom stereocenters. The van der Waals surface area contributed by atoms with Gasteiger partial charge in [-0.2, -0.15) is 0 Å². The van der Waals surface area contributed by atoms with E-state index in [0.717, 1.165) is 28.7 Å². The van der Waals surface area contributed by atoms with E-state index in [4.69, 9.17) is 21.3 Å². The number of aromatic amines is 1. The number of carbonyl (C=O) groups is 1. The Hall–Kier alpha value is -3.65. The number of aromatic nitrogens is 1. The summed E-state index contributed by atoms with van der Waals surface area (Å²) in [6.45, 7) is 1.27. The van der Waals surface area contributed by atoms with Gasteiger partial charge in [-0.25, -0.2) is 4.99 Å². The molecule has 0 saturated carbocycles. The molecule has 0 spiro atoms. The Morgan fingerprint density at radius 3 is 2.42 bits per heavy atom. The highest BCUT2D eigenvalue weighted by molar-refractivity contribution is 6.31. The maximum absolute atomic E-state index is 12.7. The number of carbonyl (C=O) groups excluding carboxylic acids is 1. The third kappa shape index (κ3) is 5.76. The lowest BCUT2D eigenvalue weighted by Crippen LogP contribution is -2.38. The van der Waals surface area contributed by atoms with Crippen LogP contribution < -0.4 is 4.90 Å². The van der Waals surface area contributed by atoms with E-state index in [2.05, 4.69) is 4.98 Å². The number of likely N-dealkylation sites (N-methyl/N-ethyl adjacent to an activating group) is 1. The van der Waals surface area contributed by atoms with Crippen LogP contribution in [0.2, 0.25) is 5.02 Å². The maximum Gasteiger partial charge on any atom is 0.252 e. The number of rotatable bonds is 9. The second-order valence-corrected chi connectivity index (χ2v) is 9.10. The number of nitrogens with one attached hydrogen (secondary N) is 1. The average Bonchev–Trinajstić information content (AvgIpc) is 3.18. The van der Waals surface area contributed by atoms with Crippen LogP contribution in [0.4, 0.5) is 11.4 Å². The number of ether oxygens (including phenoxy) is 1. The molecule has 0 fully saturated rings. The Kier molecular flexibility index (Phi) is 8.05. The average molecular weight is 505 g/mol. The van der Waals surface area contributed by atoms with Crippen LogP contribution >= 0.6 is 11.6 Å². The van der Waals surface area contributed by atoms with Crippen molar-refractivity contribution in [3.8, 4) is 5.88 Å². The van der Waals surface area contributed by atoms with E-state index in [1.165, 1.54) is 7.11 Å². The molecule has 4 aromatic rings. The quantitative estimate of drug-likeness (QED) is 0.305. The molecule has 0 radical (unpaired) electrons. The zero-order valence-corrected chi connectivity index (χ0v) is 21.3. The molecule has 2 N–H and O–H groups in total. The van der Waals surface area contributed by atoms with Gasteiger partial charge >= 0.3 is 0 Å². The van der Waals surface area contributed by atoms with Crippen molar-refractivity contribution in [2.45, 2.75) is 0 Å². The number of fused-ring (bicyclic) bond motifs is 1. The van der Waals surface area contributed by atoms with Gasteiger partial charge in [0, 0.05) is 41.9 Å². The van der Waals surface area contributed by atoms with Gasteiger partial charge in [0.2, 0.25) is 0 Å². The van der Waals surface area contributed by atoms with Crippen molar-refractivity contribution in [3.05, 3.63) is 88.9 Å². The monoisotopic (exact) mass is 504 g/mol. The topological polar surface area (TPSA) is 81.2 Å². The number of halogens is 1. The molecular weight excluding hydrogens is 476 g/mol. The molecule has 0 aliphatic rings. The van der Waals surface area contributed by atoms with Gasteiger partial charge in [0.05, 0.1) is 22.5 Å². The van der Waals surface area contributed by atoms with Crippen molar-refractivity contribution in [3.63, 3.8) is 0 Å². The van der Waals surface area contributed by atoms with E-state index < -0.39 is 0 Å². The first-order valence-corrected chi connectivity index (χ1v) is 11.9. The molecule has 3 aromatic carbocycles. The Labute approximate surface area is 215 Å². The minimum atomic E-state index is -0.108. The fraction of sp³-hybridized carbons (Fsp3) is 0.214. The summed E-state index contributed by atoms with van der Waals surface area (Å²) in [5.74, 6) is -0.0885. The molecule has 36 heavy (non-hydrogen) atoms. The molecule has 0 unspecified atom stereocenters. The van der Waals surface area contributed by atoms with E-state index >= 15 is 0 Å². The Balaban J connectivity index is 1.75. The fourth-order valence-electron chi connectivity index (χ4n) is 3.99. The summed E-state index contributed by atoms with van der Waals surface area (Å²) in [5, 5.41) is 12.2. The number of anilines is 1. The van der Waals surface area contributed by atoms with Gasteiger partial charge in [-0.15, -0.1) is 0 Å². The molecule has 0 aliphatic heterocycles. The first-order chi connectivity index (χ1) is 17.4. The van der Waals surface area contributed by atoms with Crippen molar-refractivity contribution in [1.82, 2.24) is 9.88 Å². The maximum atomic E-state index is 12.7. The van der Waals surface area contributed by atoms with E-state index in [1.54, 1.807) is 17.0 Å². The van der Waals surface area contributed by atoms with Crippen molar-refractivity contribution < 1.29 is 14.6 Å². The zero-order valence-electron chi connectivity index (χ0n) is 20.5. The van der Waals surface area contributed by atoms with Crippen molar-refractivity contribution in [2.75, 3.05) is 45.8 Å². The zero-order chi connectivity index (χ0) is 25.7. The minimum Gasteiger partial charge on any atom is -0.494 e. The number of aromatic hydroxyl groups is 1. The summed E-state index contributed by atoms with van der Waals surface area (Å²) >= 11 is 6.16. The summed E-state index contributed by atoms with van der Waals surface area (Å²) in [6, 6.07) is 22.6. The van der Waals surface area contributed by atoms with E-state index in [-0.39, 0.29) is 18.4 Å². The lowest BCUT2D eigenvalue weighted by molar-refractivity contribution is -0.122. The Morgan fingerprint density at radius 1 is 1.03 bits per heavy atom. The lowest BCUT2D eigenvalue weighted by Gasteiger charge is -2.24. The molecular formula is C28H29ClN4O3. The third-order valence-electron chi connectivity index (χ3n) is 5.77. The van der Waals surface area contributed by atoms with Crippen LogP contribution in [0, 0.1) is 0 Å². The summed E-state index contributed by atoms with van der Waals surface area (Å²) in [6.07, 6.45) is 0. The minimum absolute atomic E-state index is 0.00927.